The molecule has 1 aromatic carbocycles. The molecule has 4 rings (SSSR count). The summed E-state index contributed by atoms with van der Waals surface area (Å²) < 4.78 is 46.4. The van der Waals surface area contributed by atoms with E-state index in [4.69, 9.17) is 16.3 Å². The largest absolute Gasteiger partial charge is 0.416 e. The summed E-state index contributed by atoms with van der Waals surface area (Å²) in [6.45, 7) is 1.94. The second kappa shape index (κ2) is 7.81. The van der Waals surface area contributed by atoms with Crippen LogP contribution in [-0.2, 0) is 18.0 Å². The molecule has 0 bridgehead atoms. The fourth-order valence-electron chi connectivity index (χ4n) is 3.47. The number of nitrogens with one attached hydrogen (secondary N) is 1. The third-order valence-electron chi connectivity index (χ3n) is 4.92. The molecule has 6 nitrogen and oxygen atoms in total. The number of fused-ring (bicyclic) bond motifs is 1. The van der Waals surface area contributed by atoms with Gasteiger partial charge in [-0.1, -0.05) is 11.6 Å². The molecule has 3 heterocycles. The minimum Gasteiger partial charge on any atom is -0.378 e. The highest BCUT2D eigenvalue weighted by molar-refractivity contribution is 6.31. The Morgan fingerprint density at radius 1 is 1.23 bits per heavy atom. The summed E-state index contributed by atoms with van der Waals surface area (Å²) in [6.07, 6.45) is -1.31. The van der Waals surface area contributed by atoms with Gasteiger partial charge in [0.15, 0.2) is 0 Å². The molecular formula is C20H18ClF3N4O2. The Morgan fingerprint density at radius 3 is 2.67 bits per heavy atom. The molecule has 0 spiro atoms. The van der Waals surface area contributed by atoms with Crippen LogP contribution in [-0.4, -0.2) is 46.7 Å². The molecule has 1 aliphatic heterocycles. The highest BCUT2D eigenvalue weighted by Gasteiger charge is 2.31. The van der Waals surface area contributed by atoms with Crippen molar-refractivity contribution in [1.82, 2.24) is 14.5 Å². The van der Waals surface area contributed by atoms with Crippen molar-refractivity contribution in [3.8, 4) is 0 Å². The van der Waals surface area contributed by atoms with Gasteiger partial charge in [-0.05, 0) is 24.3 Å². The molecule has 0 saturated carbocycles. The van der Waals surface area contributed by atoms with Crippen molar-refractivity contribution in [3.63, 3.8) is 0 Å². The standard InChI is InChI=1S/C20H18ClF3N4O2/c1-27-3-2-15-17(27)16(19(29)28-4-6-30-7-5-28)11-25-18(15)26-14-9-12(20(22,23)24)8-13(21)10-14/h2-3,8-11H,4-7H2,1H3,(H,25,26). The van der Waals surface area contributed by atoms with Crippen LogP contribution in [0, 0.1) is 0 Å². The number of alkyl halides is 3. The van der Waals surface area contributed by atoms with Gasteiger partial charge in [0.05, 0.1) is 29.9 Å². The van der Waals surface area contributed by atoms with E-state index < -0.39 is 11.7 Å². The third-order valence-corrected chi connectivity index (χ3v) is 5.14. The average Bonchev–Trinajstić information content (AvgIpc) is 3.10. The molecule has 2 aromatic heterocycles. The number of amides is 1. The smallest absolute Gasteiger partial charge is 0.378 e. The van der Waals surface area contributed by atoms with Crippen LogP contribution in [0.3, 0.4) is 0 Å². The van der Waals surface area contributed by atoms with Crippen LogP contribution < -0.4 is 5.32 Å². The van der Waals surface area contributed by atoms with Gasteiger partial charge in [-0.3, -0.25) is 4.79 Å². The Labute approximate surface area is 175 Å². The first-order valence-electron chi connectivity index (χ1n) is 9.20. The van der Waals surface area contributed by atoms with Crippen molar-refractivity contribution < 1.29 is 22.7 Å². The Kier molecular flexibility index (Phi) is 5.33. The molecular weight excluding hydrogens is 421 g/mol. The molecule has 0 aliphatic carbocycles. The van der Waals surface area contributed by atoms with Gasteiger partial charge in [-0.15, -0.1) is 0 Å². The van der Waals surface area contributed by atoms with E-state index in [2.05, 4.69) is 10.3 Å². The first kappa shape index (κ1) is 20.5. The monoisotopic (exact) mass is 438 g/mol. The molecule has 1 fully saturated rings. The van der Waals surface area contributed by atoms with Crippen LogP contribution >= 0.6 is 11.6 Å². The van der Waals surface area contributed by atoms with Gasteiger partial charge in [0.2, 0.25) is 0 Å². The van der Waals surface area contributed by atoms with Gasteiger partial charge in [0.1, 0.15) is 5.82 Å². The molecule has 0 radical (unpaired) electrons. The zero-order valence-corrected chi connectivity index (χ0v) is 16.7. The Balaban J connectivity index is 1.72. The summed E-state index contributed by atoms with van der Waals surface area (Å²) in [5.74, 6) is 0.172. The molecule has 30 heavy (non-hydrogen) atoms. The number of hydrogen-bond acceptors (Lipinski definition) is 4. The van der Waals surface area contributed by atoms with Crippen molar-refractivity contribution in [2.45, 2.75) is 6.18 Å². The lowest BCUT2D eigenvalue weighted by Gasteiger charge is -2.27. The van der Waals surface area contributed by atoms with E-state index >= 15 is 0 Å². The zero-order chi connectivity index (χ0) is 21.5. The molecule has 1 saturated heterocycles. The van der Waals surface area contributed by atoms with E-state index in [1.807, 2.05) is 0 Å². The number of aromatic nitrogens is 2. The van der Waals surface area contributed by atoms with E-state index in [0.717, 1.165) is 12.1 Å². The Hall–Kier alpha value is -2.78. The Bertz CT molecular complexity index is 1110. The molecule has 0 atom stereocenters. The topological polar surface area (TPSA) is 59.4 Å². The van der Waals surface area contributed by atoms with Crippen LogP contribution in [0.15, 0.2) is 36.7 Å². The third kappa shape index (κ3) is 3.95. The zero-order valence-electron chi connectivity index (χ0n) is 16.0. The molecule has 3 aromatic rings. The number of aryl methyl sites for hydroxylation is 1. The maximum Gasteiger partial charge on any atom is 0.416 e. The van der Waals surface area contributed by atoms with Crippen LogP contribution in [0.2, 0.25) is 5.02 Å². The van der Waals surface area contributed by atoms with Gasteiger partial charge in [0.25, 0.3) is 5.91 Å². The van der Waals surface area contributed by atoms with Crippen LogP contribution in [0.25, 0.3) is 10.9 Å². The first-order valence-corrected chi connectivity index (χ1v) is 9.57. The predicted octanol–water partition coefficient (Wildman–Crippen LogP) is 4.46. The number of pyridine rings is 1. The summed E-state index contributed by atoms with van der Waals surface area (Å²) in [5.41, 5.74) is 0.356. The van der Waals surface area contributed by atoms with Crippen molar-refractivity contribution >= 4 is 39.9 Å². The summed E-state index contributed by atoms with van der Waals surface area (Å²) in [5, 5.41) is 3.48. The van der Waals surface area contributed by atoms with E-state index in [1.165, 1.54) is 12.3 Å². The summed E-state index contributed by atoms with van der Waals surface area (Å²) in [7, 11) is 1.79. The summed E-state index contributed by atoms with van der Waals surface area (Å²) in [6, 6.07) is 4.98. The second-order valence-corrected chi connectivity index (χ2v) is 7.40. The lowest BCUT2D eigenvalue weighted by molar-refractivity contribution is -0.137. The normalized spacial score (nSPS) is 14.9. The fourth-order valence-corrected chi connectivity index (χ4v) is 3.71. The van der Waals surface area contributed by atoms with E-state index in [9.17, 15) is 18.0 Å². The number of benzene rings is 1. The highest BCUT2D eigenvalue weighted by Crippen LogP contribution is 2.35. The number of nitrogens with zero attached hydrogens (tertiary/aromatic N) is 3. The number of hydrogen-bond donors (Lipinski definition) is 1. The molecule has 1 amide bonds. The number of morpholine rings is 1. The number of halogens is 4. The Morgan fingerprint density at radius 2 is 1.97 bits per heavy atom. The van der Waals surface area contributed by atoms with Crippen LogP contribution in [0.4, 0.5) is 24.7 Å². The maximum absolute atomic E-state index is 13.1. The molecule has 1 N–H and O–H groups in total. The second-order valence-electron chi connectivity index (χ2n) is 6.97. The van der Waals surface area contributed by atoms with Gasteiger partial charge in [-0.25, -0.2) is 4.98 Å². The lowest BCUT2D eigenvalue weighted by Crippen LogP contribution is -2.40. The van der Waals surface area contributed by atoms with Crippen LogP contribution in [0.1, 0.15) is 15.9 Å². The maximum atomic E-state index is 13.1. The molecule has 0 unspecified atom stereocenters. The van der Waals surface area contributed by atoms with Crippen LogP contribution in [0.5, 0.6) is 0 Å². The predicted molar refractivity (Wildman–Crippen MR) is 107 cm³/mol. The quantitative estimate of drug-likeness (QED) is 0.656. The summed E-state index contributed by atoms with van der Waals surface area (Å²) in [4.78, 5) is 19.0. The van der Waals surface area contributed by atoms with Gasteiger partial charge < -0.3 is 19.5 Å². The van der Waals surface area contributed by atoms with Gasteiger partial charge in [0, 0.05) is 48.6 Å². The molecule has 158 valence electrons. The van der Waals surface area contributed by atoms with Gasteiger partial charge >= 0.3 is 6.18 Å². The minimum absolute atomic E-state index is 0.0456. The lowest BCUT2D eigenvalue weighted by atomic mass is 10.1. The van der Waals surface area contributed by atoms with E-state index in [1.54, 1.807) is 28.8 Å². The molecule has 10 heteroatoms. The van der Waals surface area contributed by atoms with E-state index in [-0.39, 0.29) is 16.6 Å². The van der Waals surface area contributed by atoms with Gasteiger partial charge in [-0.2, -0.15) is 13.2 Å². The number of carbonyl (C=O) groups excluding carboxylic acids is 1. The van der Waals surface area contributed by atoms with Crippen molar-refractivity contribution in [2.75, 3.05) is 31.6 Å². The molecule has 1 aliphatic rings. The van der Waals surface area contributed by atoms with Crippen molar-refractivity contribution in [1.29, 1.82) is 0 Å². The number of rotatable bonds is 3. The number of carbonyl (C=O) groups is 1. The number of ether oxygens (including phenoxy) is 1. The highest BCUT2D eigenvalue weighted by atomic mass is 35.5. The van der Waals surface area contributed by atoms with E-state index in [0.29, 0.717) is 48.6 Å². The minimum atomic E-state index is -4.52. The SMILES string of the molecule is Cn1ccc2c(Nc3cc(Cl)cc(C(F)(F)F)c3)ncc(C(=O)N3CCOCC3)c21. The van der Waals surface area contributed by atoms with Crippen molar-refractivity contribution in [3.05, 3.63) is 52.8 Å². The first-order chi connectivity index (χ1) is 14.2. The average molecular weight is 439 g/mol. The number of anilines is 2. The fraction of sp³-hybridized carbons (Fsp3) is 0.300. The summed E-state index contributed by atoms with van der Waals surface area (Å²) >= 11 is 5.87. The van der Waals surface area contributed by atoms with Crippen molar-refractivity contribution in [2.24, 2.45) is 7.05 Å².